The van der Waals surface area contributed by atoms with E-state index in [-0.39, 0.29) is 16.4 Å². The van der Waals surface area contributed by atoms with Crippen molar-refractivity contribution in [3.63, 3.8) is 0 Å². The van der Waals surface area contributed by atoms with Crippen molar-refractivity contribution < 1.29 is 9.59 Å². The fourth-order valence-electron chi connectivity index (χ4n) is 5.41. The number of hydrogen-bond donors (Lipinski definition) is 0. The lowest BCUT2D eigenvalue weighted by atomic mass is 9.86. The Balaban J connectivity index is 1.90. The van der Waals surface area contributed by atoms with Crippen molar-refractivity contribution in [1.82, 2.24) is 0 Å². The number of aryl methyl sites for hydroxylation is 4. The molecular weight excluding hydrogens is 549 g/mol. The van der Waals surface area contributed by atoms with Crippen LogP contribution >= 0.6 is 39.6 Å². The van der Waals surface area contributed by atoms with E-state index in [1.165, 1.54) is 16.7 Å². The Labute approximate surface area is 236 Å². The molecule has 0 amide bonds. The van der Waals surface area contributed by atoms with Gasteiger partial charge in [-0.05, 0) is 119 Å². The van der Waals surface area contributed by atoms with Crippen LogP contribution in [0.15, 0.2) is 72.5 Å². The Hall–Kier alpha value is -2.86. The normalized spacial score (nSPS) is 11.5. The highest BCUT2D eigenvalue weighted by Gasteiger charge is 2.27. The highest BCUT2D eigenvalue weighted by molar-refractivity contribution is 7.38. The summed E-state index contributed by atoms with van der Waals surface area (Å²) in [5.41, 5.74) is 11.5. The van der Waals surface area contributed by atoms with Gasteiger partial charge in [0.05, 0.1) is 10.6 Å². The molecule has 6 heteroatoms. The van der Waals surface area contributed by atoms with Gasteiger partial charge in [-0.2, -0.15) is 0 Å². The molecule has 0 spiro atoms. The van der Waals surface area contributed by atoms with Crippen molar-refractivity contribution in [3.05, 3.63) is 105 Å². The summed E-state index contributed by atoms with van der Waals surface area (Å²) in [6.07, 6.45) is 0. The van der Waals surface area contributed by atoms with Gasteiger partial charge in [-0.3, -0.25) is 9.59 Å². The smallest absolute Gasteiger partial charge is 0.256 e. The largest absolute Gasteiger partial charge is 0.275 e. The van der Waals surface area contributed by atoms with E-state index >= 15 is 0 Å². The lowest BCUT2D eigenvalue weighted by Gasteiger charge is -2.18. The molecule has 2 aromatic heterocycles. The lowest BCUT2D eigenvalue weighted by molar-refractivity contribution is 0.107. The van der Waals surface area contributed by atoms with Crippen LogP contribution in [-0.4, -0.2) is 10.5 Å². The number of benzene rings is 3. The molecular formula is C32H26Cl2O2P2. The summed E-state index contributed by atoms with van der Waals surface area (Å²) >= 11 is 12.2. The van der Waals surface area contributed by atoms with Gasteiger partial charge >= 0.3 is 0 Å². The highest BCUT2D eigenvalue weighted by Crippen LogP contribution is 2.54. The van der Waals surface area contributed by atoms with Gasteiger partial charge < -0.3 is 0 Å². The zero-order valence-corrected chi connectivity index (χ0v) is 25.0. The van der Waals surface area contributed by atoms with Gasteiger partial charge in [-0.25, -0.2) is 0 Å². The molecule has 5 aromatic rings. The first-order valence-corrected chi connectivity index (χ1v) is 15.1. The Morgan fingerprint density at radius 1 is 0.605 bits per heavy atom. The second-order valence-electron chi connectivity index (χ2n) is 9.55. The van der Waals surface area contributed by atoms with Crippen LogP contribution in [0.5, 0.6) is 0 Å². The summed E-state index contributed by atoms with van der Waals surface area (Å²) in [4.78, 5) is 25.1. The first kappa shape index (κ1) is 26.7. The van der Waals surface area contributed by atoms with E-state index in [1.54, 1.807) is 0 Å². The minimum absolute atomic E-state index is 0.119. The fourth-order valence-corrected chi connectivity index (χ4v) is 8.46. The molecule has 2 unspecified atom stereocenters. The van der Waals surface area contributed by atoms with E-state index in [2.05, 4.69) is 70.2 Å². The SMILES string of the molecule is Cc1cccc(C)c1-c1[pH]c(C(=O)Cl)c(-c2cccc(-c3cc[pH]c3C(=O)Cl)c2)c1-c1c(C)cccc1C. The Kier molecular flexibility index (Phi) is 7.54. The van der Waals surface area contributed by atoms with Crippen molar-refractivity contribution in [1.29, 1.82) is 0 Å². The molecule has 2 heterocycles. The van der Waals surface area contributed by atoms with Gasteiger partial charge in [0.2, 0.25) is 0 Å². The average molecular weight is 575 g/mol. The number of carbonyl (C=O) groups excluding carboxylic acids is 2. The number of rotatable bonds is 6. The molecule has 2 nitrogen and oxygen atoms in total. The van der Waals surface area contributed by atoms with Crippen molar-refractivity contribution in [2.24, 2.45) is 0 Å². The molecule has 0 radical (unpaired) electrons. The van der Waals surface area contributed by atoms with Gasteiger partial charge in [0.1, 0.15) is 0 Å². The van der Waals surface area contributed by atoms with E-state index in [0.29, 0.717) is 10.6 Å². The standard InChI is InChI=1S/C32H26Cl2O2P2/c1-17-8-5-9-18(2)24(17)27-26(22-13-7-12-21(16-22)23-14-15-37-28(23)31(33)35)30(32(34)36)38-29(27)25-19(3)10-6-11-20(25)4/h5-16,37-38H,1-4H3. The first-order valence-electron chi connectivity index (χ1n) is 12.3. The third-order valence-electron chi connectivity index (χ3n) is 7.06. The molecule has 38 heavy (non-hydrogen) atoms. The molecule has 0 N–H and O–H groups in total. The van der Waals surface area contributed by atoms with Gasteiger partial charge in [-0.15, -0.1) is 16.4 Å². The van der Waals surface area contributed by atoms with Crippen LogP contribution in [0.3, 0.4) is 0 Å². The van der Waals surface area contributed by atoms with Crippen molar-refractivity contribution in [3.8, 4) is 44.2 Å². The topological polar surface area (TPSA) is 34.1 Å². The lowest BCUT2D eigenvalue weighted by Crippen LogP contribution is -1.95. The number of hydrogen-bond acceptors (Lipinski definition) is 2. The average Bonchev–Trinajstić information content (AvgIpc) is 3.50. The van der Waals surface area contributed by atoms with Crippen LogP contribution in [0.1, 0.15) is 42.4 Å². The van der Waals surface area contributed by atoms with E-state index < -0.39 is 10.5 Å². The molecule has 0 bridgehead atoms. The third kappa shape index (κ3) is 4.72. The van der Waals surface area contributed by atoms with Gasteiger partial charge in [0, 0.05) is 16.4 Å². The molecule has 0 fully saturated rings. The van der Waals surface area contributed by atoms with E-state index in [9.17, 15) is 9.59 Å². The zero-order chi connectivity index (χ0) is 27.1. The van der Waals surface area contributed by atoms with Gasteiger partial charge in [-0.1, -0.05) is 54.6 Å². The molecule has 5 rings (SSSR count). The molecule has 190 valence electrons. The third-order valence-corrected chi connectivity index (χ3v) is 10.4. The molecule has 0 aliphatic rings. The Morgan fingerprint density at radius 3 is 1.71 bits per heavy atom. The van der Waals surface area contributed by atoms with Crippen LogP contribution < -0.4 is 0 Å². The summed E-state index contributed by atoms with van der Waals surface area (Å²) in [5.74, 6) is 1.97. The van der Waals surface area contributed by atoms with Crippen LogP contribution in [0.2, 0.25) is 0 Å². The van der Waals surface area contributed by atoms with E-state index in [4.69, 9.17) is 23.2 Å². The predicted molar refractivity (Wildman–Crippen MR) is 167 cm³/mol. The summed E-state index contributed by atoms with van der Waals surface area (Å²) < 4.78 is 0. The van der Waals surface area contributed by atoms with Crippen LogP contribution in [-0.2, 0) is 0 Å². The van der Waals surface area contributed by atoms with E-state index in [1.807, 2.05) is 30.1 Å². The van der Waals surface area contributed by atoms with E-state index in [0.717, 1.165) is 49.8 Å². The van der Waals surface area contributed by atoms with Gasteiger partial charge in [0.25, 0.3) is 10.5 Å². The minimum Gasteiger partial charge on any atom is -0.275 e. The second-order valence-corrected chi connectivity index (χ2v) is 12.6. The van der Waals surface area contributed by atoms with Crippen LogP contribution in [0.4, 0.5) is 0 Å². The Bertz CT molecular complexity index is 1690. The molecule has 2 atom stereocenters. The van der Waals surface area contributed by atoms with Crippen molar-refractivity contribution in [2.75, 3.05) is 0 Å². The Morgan fingerprint density at radius 2 is 1.13 bits per heavy atom. The summed E-state index contributed by atoms with van der Waals surface area (Å²) in [6.45, 7) is 8.46. The maximum absolute atomic E-state index is 13.0. The molecule has 0 saturated carbocycles. The summed E-state index contributed by atoms with van der Waals surface area (Å²) in [6, 6.07) is 22.6. The quantitative estimate of drug-likeness (QED) is 0.189. The maximum Gasteiger partial charge on any atom is 0.256 e. The van der Waals surface area contributed by atoms with Crippen molar-refractivity contribution >= 4 is 50.1 Å². The maximum atomic E-state index is 13.0. The second kappa shape index (κ2) is 10.7. The molecule has 3 aromatic carbocycles. The molecule has 0 saturated heterocycles. The monoisotopic (exact) mass is 574 g/mol. The number of halogens is 2. The van der Waals surface area contributed by atoms with Crippen LogP contribution in [0.25, 0.3) is 44.2 Å². The first-order chi connectivity index (χ1) is 18.2. The van der Waals surface area contributed by atoms with Crippen LogP contribution in [0, 0.1) is 27.7 Å². The molecule has 0 aliphatic carbocycles. The number of carbonyl (C=O) groups is 2. The van der Waals surface area contributed by atoms with Crippen molar-refractivity contribution in [2.45, 2.75) is 27.7 Å². The summed E-state index contributed by atoms with van der Waals surface area (Å²) in [7, 11) is 0.366. The molecule has 0 aliphatic heterocycles. The zero-order valence-electron chi connectivity index (χ0n) is 21.5. The predicted octanol–water partition coefficient (Wildman–Crippen LogP) is 10.4. The summed E-state index contributed by atoms with van der Waals surface area (Å²) in [5, 5.41) is 1.50. The minimum atomic E-state index is -0.438. The van der Waals surface area contributed by atoms with Gasteiger partial charge in [0.15, 0.2) is 0 Å². The fraction of sp³-hybridized carbons (Fsp3) is 0.125. The highest BCUT2D eigenvalue weighted by atomic mass is 35.5.